The number of halogens is 3. The Bertz CT molecular complexity index is 1320. The van der Waals surface area contributed by atoms with Crippen molar-refractivity contribution in [3.05, 3.63) is 80.1 Å². The van der Waals surface area contributed by atoms with E-state index in [1.54, 1.807) is 24.0 Å². The molecule has 2 N–H and O–H groups in total. The first kappa shape index (κ1) is 20.5. The molecule has 0 aliphatic carbocycles. The van der Waals surface area contributed by atoms with Gasteiger partial charge in [0, 0.05) is 17.8 Å². The van der Waals surface area contributed by atoms with Crippen molar-refractivity contribution in [3.8, 4) is 0 Å². The van der Waals surface area contributed by atoms with Gasteiger partial charge in [0.25, 0.3) is 11.5 Å². The van der Waals surface area contributed by atoms with Crippen LogP contribution < -0.4 is 20.7 Å². The molecule has 0 saturated carbocycles. The van der Waals surface area contributed by atoms with Gasteiger partial charge in [-0.15, -0.1) is 0 Å². The smallest absolute Gasteiger partial charge is 0.262 e. The summed E-state index contributed by atoms with van der Waals surface area (Å²) in [4.78, 5) is 31.8. The quantitative estimate of drug-likeness (QED) is 0.513. The summed E-state index contributed by atoms with van der Waals surface area (Å²) >= 11 is 6.02. The molecule has 0 spiro atoms. The van der Waals surface area contributed by atoms with Crippen LogP contribution in [0, 0.1) is 18.6 Å². The largest absolute Gasteiger partial charge is 0.370 e. The maximum absolute atomic E-state index is 14.4. The number of amides is 1. The van der Waals surface area contributed by atoms with Gasteiger partial charge in [0.1, 0.15) is 24.1 Å². The van der Waals surface area contributed by atoms with Crippen molar-refractivity contribution in [2.45, 2.75) is 19.8 Å². The molecule has 5 rings (SSSR count). The van der Waals surface area contributed by atoms with Gasteiger partial charge in [-0.25, -0.2) is 8.78 Å². The fourth-order valence-electron chi connectivity index (χ4n) is 4.23. The van der Waals surface area contributed by atoms with Crippen molar-refractivity contribution >= 4 is 40.4 Å². The number of nitrogens with zero attached hydrogens (tertiary/aromatic N) is 2. The molecule has 0 fully saturated rings. The standard InChI is InChI=1S/C23H19ClF2N4O2/c1-12-7-20-21(28-22(12)31)27-6-2-3-13-8-14(25)4-5-18(13)29-11-30(20)23(32)15-9-16(24)17(26)10-19(15)29/h4-5,7-10H,2-3,6,11H2,1H3,(H2,27,28,31). The Morgan fingerprint density at radius 2 is 1.81 bits per heavy atom. The number of rotatable bonds is 0. The first-order valence-corrected chi connectivity index (χ1v) is 10.6. The lowest BCUT2D eigenvalue weighted by Crippen LogP contribution is -2.46. The second kappa shape index (κ2) is 7.63. The van der Waals surface area contributed by atoms with Crippen LogP contribution in [-0.2, 0) is 6.42 Å². The first-order valence-electron chi connectivity index (χ1n) is 10.2. The van der Waals surface area contributed by atoms with Crippen LogP contribution in [0.15, 0.2) is 41.2 Å². The monoisotopic (exact) mass is 456 g/mol. The number of fused-ring (bicyclic) bond motifs is 8. The molecule has 3 heterocycles. The lowest BCUT2D eigenvalue weighted by molar-refractivity contribution is 0.0983. The van der Waals surface area contributed by atoms with Crippen LogP contribution in [0.2, 0.25) is 5.02 Å². The van der Waals surface area contributed by atoms with E-state index >= 15 is 0 Å². The van der Waals surface area contributed by atoms with Gasteiger partial charge in [-0.05, 0) is 61.7 Å². The molecule has 9 heteroatoms. The average Bonchev–Trinajstić information content (AvgIpc) is 2.78. The van der Waals surface area contributed by atoms with Gasteiger partial charge >= 0.3 is 0 Å². The average molecular weight is 457 g/mol. The second-order valence-corrected chi connectivity index (χ2v) is 8.34. The third-order valence-electron chi connectivity index (χ3n) is 5.84. The molecule has 3 aromatic rings. The number of nitrogens with one attached hydrogen (secondary N) is 2. The molecule has 32 heavy (non-hydrogen) atoms. The lowest BCUT2D eigenvalue weighted by atomic mass is 10.0. The fraction of sp³-hybridized carbons (Fsp3) is 0.217. The summed E-state index contributed by atoms with van der Waals surface area (Å²) in [5.41, 5.74) is 2.67. The van der Waals surface area contributed by atoms with E-state index in [1.807, 2.05) is 0 Å². The van der Waals surface area contributed by atoms with Gasteiger partial charge in [0.05, 0.1) is 22.0 Å². The van der Waals surface area contributed by atoms with E-state index in [9.17, 15) is 18.4 Å². The molecule has 0 radical (unpaired) electrons. The van der Waals surface area contributed by atoms with Crippen molar-refractivity contribution < 1.29 is 13.6 Å². The van der Waals surface area contributed by atoms with E-state index in [0.29, 0.717) is 47.8 Å². The highest BCUT2D eigenvalue weighted by molar-refractivity contribution is 6.31. The van der Waals surface area contributed by atoms with Gasteiger partial charge in [0.15, 0.2) is 0 Å². The maximum Gasteiger partial charge on any atom is 0.262 e. The van der Waals surface area contributed by atoms with Crippen LogP contribution >= 0.6 is 11.6 Å². The molecule has 6 nitrogen and oxygen atoms in total. The number of anilines is 4. The fourth-order valence-corrected chi connectivity index (χ4v) is 4.39. The number of H-pyrrole nitrogens is 1. The van der Waals surface area contributed by atoms with E-state index in [1.165, 1.54) is 29.2 Å². The van der Waals surface area contributed by atoms with Gasteiger partial charge in [-0.3, -0.25) is 14.5 Å². The van der Waals surface area contributed by atoms with E-state index in [4.69, 9.17) is 11.6 Å². The van der Waals surface area contributed by atoms with E-state index in [-0.39, 0.29) is 34.5 Å². The van der Waals surface area contributed by atoms with Gasteiger partial charge in [-0.2, -0.15) is 0 Å². The summed E-state index contributed by atoms with van der Waals surface area (Å²) in [7, 11) is 0. The van der Waals surface area contributed by atoms with E-state index in [0.717, 1.165) is 5.56 Å². The molecule has 0 unspecified atom stereocenters. The highest BCUT2D eigenvalue weighted by Crippen LogP contribution is 2.41. The topological polar surface area (TPSA) is 68.4 Å². The molecular formula is C23H19ClF2N4O2. The minimum atomic E-state index is -0.646. The molecule has 2 bridgehead atoms. The van der Waals surface area contributed by atoms with Crippen LogP contribution in [0.25, 0.3) is 0 Å². The minimum Gasteiger partial charge on any atom is -0.370 e. The Morgan fingerprint density at radius 1 is 1.00 bits per heavy atom. The Kier molecular flexibility index (Phi) is 4.89. The van der Waals surface area contributed by atoms with Gasteiger partial charge in [-0.1, -0.05) is 11.6 Å². The van der Waals surface area contributed by atoms with E-state index < -0.39 is 5.82 Å². The number of carbonyl (C=O) groups is 1. The number of carbonyl (C=O) groups excluding carboxylic acids is 1. The SMILES string of the molecule is Cc1cc2c([nH]c1=O)NCCCc1cc(F)ccc1N1CN2C(=O)c2cc(Cl)c(F)cc21. The summed E-state index contributed by atoms with van der Waals surface area (Å²) in [5.74, 6) is -0.979. The third-order valence-corrected chi connectivity index (χ3v) is 6.13. The summed E-state index contributed by atoms with van der Waals surface area (Å²) < 4.78 is 28.5. The second-order valence-electron chi connectivity index (χ2n) is 7.93. The number of pyridine rings is 1. The zero-order valence-electron chi connectivity index (χ0n) is 17.1. The van der Waals surface area contributed by atoms with Crippen LogP contribution in [-0.4, -0.2) is 24.1 Å². The lowest BCUT2D eigenvalue weighted by Gasteiger charge is -2.39. The van der Waals surface area contributed by atoms with Crippen LogP contribution in [0.5, 0.6) is 0 Å². The molecule has 0 saturated heterocycles. The van der Waals surface area contributed by atoms with Crippen LogP contribution in [0.4, 0.5) is 31.7 Å². The number of aromatic nitrogens is 1. The van der Waals surface area contributed by atoms with Crippen molar-refractivity contribution in [1.82, 2.24) is 4.98 Å². The number of benzene rings is 2. The summed E-state index contributed by atoms with van der Waals surface area (Å²) in [6, 6.07) is 8.63. The first-order chi connectivity index (χ1) is 15.3. The predicted molar refractivity (Wildman–Crippen MR) is 120 cm³/mol. The Hall–Kier alpha value is -3.39. The highest BCUT2D eigenvalue weighted by Gasteiger charge is 2.35. The van der Waals surface area contributed by atoms with Crippen molar-refractivity contribution in [2.75, 3.05) is 28.3 Å². The van der Waals surface area contributed by atoms with Gasteiger partial charge in [0.2, 0.25) is 0 Å². The third kappa shape index (κ3) is 3.31. The Labute approximate surface area is 187 Å². The van der Waals surface area contributed by atoms with Crippen LogP contribution in [0.1, 0.15) is 27.9 Å². The number of hydrogen-bond donors (Lipinski definition) is 2. The highest BCUT2D eigenvalue weighted by atomic mass is 35.5. The zero-order valence-corrected chi connectivity index (χ0v) is 17.9. The number of hydrogen-bond acceptors (Lipinski definition) is 4. The summed E-state index contributed by atoms with van der Waals surface area (Å²) in [6.07, 6.45) is 1.19. The Balaban J connectivity index is 1.79. The molecule has 2 aliphatic heterocycles. The molecule has 0 atom stereocenters. The molecule has 1 amide bonds. The summed E-state index contributed by atoms with van der Waals surface area (Å²) in [5, 5.41) is 3.03. The summed E-state index contributed by atoms with van der Waals surface area (Å²) in [6.45, 7) is 2.21. The predicted octanol–water partition coefficient (Wildman–Crippen LogP) is 4.73. The molecule has 2 aromatic carbocycles. The van der Waals surface area contributed by atoms with Crippen molar-refractivity contribution in [3.63, 3.8) is 0 Å². The maximum atomic E-state index is 14.4. The van der Waals surface area contributed by atoms with E-state index in [2.05, 4.69) is 10.3 Å². The molecule has 1 aromatic heterocycles. The Morgan fingerprint density at radius 3 is 2.62 bits per heavy atom. The van der Waals surface area contributed by atoms with Crippen molar-refractivity contribution in [2.24, 2.45) is 0 Å². The van der Waals surface area contributed by atoms with Crippen LogP contribution in [0.3, 0.4) is 0 Å². The number of aromatic amines is 1. The normalized spacial score (nSPS) is 15.3. The minimum absolute atomic E-state index is 0.0473. The number of aryl methyl sites for hydroxylation is 2. The van der Waals surface area contributed by atoms with Gasteiger partial charge < -0.3 is 15.2 Å². The molecular weight excluding hydrogens is 438 g/mol. The molecule has 164 valence electrons. The zero-order chi connectivity index (χ0) is 22.6. The molecule has 2 aliphatic rings. The van der Waals surface area contributed by atoms with Crippen molar-refractivity contribution in [1.29, 1.82) is 0 Å².